The Hall–Kier alpha value is -1.28. The van der Waals surface area contributed by atoms with Crippen LogP contribution in [0.4, 0.5) is 0 Å². The quantitative estimate of drug-likeness (QED) is 0.722. The van der Waals surface area contributed by atoms with Gasteiger partial charge in [-0.25, -0.2) is 0 Å². The van der Waals surface area contributed by atoms with Gasteiger partial charge in [-0.15, -0.1) is 0 Å². The van der Waals surface area contributed by atoms with Crippen molar-refractivity contribution in [3.8, 4) is 0 Å². The summed E-state index contributed by atoms with van der Waals surface area (Å²) in [4.78, 5) is 12.7. The molecule has 1 aliphatic carbocycles. The third-order valence-corrected chi connectivity index (χ3v) is 3.14. The molecule has 0 spiro atoms. The van der Waals surface area contributed by atoms with Crippen molar-refractivity contribution in [3.63, 3.8) is 0 Å². The molecular weight excluding hydrogens is 216 g/mol. The fourth-order valence-corrected chi connectivity index (χ4v) is 2.28. The number of fused-ring (bicyclic) bond motifs is 1. The van der Waals surface area contributed by atoms with Gasteiger partial charge in [0.25, 0.3) is 0 Å². The Kier molecular flexibility index (Phi) is 3.01. The van der Waals surface area contributed by atoms with Crippen LogP contribution in [0.3, 0.4) is 0 Å². The number of hydrogen-bond donors (Lipinski definition) is 0. The van der Waals surface area contributed by atoms with E-state index < -0.39 is 0 Å². The summed E-state index contributed by atoms with van der Waals surface area (Å²) in [7, 11) is 0. The molecule has 82 valence electrons. The molecule has 1 aliphatic rings. The molecule has 0 heterocycles. The van der Waals surface area contributed by atoms with E-state index in [0.717, 1.165) is 28.0 Å². The first-order chi connectivity index (χ1) is 7.59. The van der Waals surface area contributed by atoms with Gasteiger partial charge >= 0.3 is 0 Å². The van der Waals surface area contributed by atoms with Gasteiger partial charge in [0.1, 0.15) is 0 Å². The second kappa shape index (κ2) is 4.30. The lowest BCUT2D eigenvalue weighted by Crippen LogP contribution is -2.16. The SMILES string of the molecule is CC(C)CC1=CC(=O)c2ccccc2C1=S. The van der Waals surface area contributed by atoms with Crippen molar-refractivity contribution < 1.29 is 4.79 Å². The Morgan fingerprint density at radius 2 is 1.81 bits per heavy atom. The summed E-state index contributed by atoms with van der Waals surface area (Å²) in [6.45, 7) is 4.27. The molecule has 0 N–H and O–H groups in total. The molecule has 0 fully saturated rings. The number of ketones is 1. The summed E-state index contributed by atoms with van der Waals surface area (Å²) in [5.41, 5.74) is 2.66. The molecule has 0 atom stereocenters. The Bertz CT molecular complexity index is 483. The van der Waals surface area contributed by atoms with Crippen molar-refractivity contribution >= 4 is 22.9 Å². The predicted octanol–water partition coefficient (Wildman–Crippen LogP) is 3.57. The minimum Gasteiger partial charge on any atom is -0.289 e. The van der Waals surface area contributed by atoms with E-state index in [1.54, 1.807) is 6.08 Å². The number of allylic oxidation sites excluding steroid dienone is 2. The summed E-state index contributed by atoms with van der Waals surface area (Å²) in [5, 5.41) is 0. The van der Waals surface area contributed by atoms with E-state index >= 15 is 0 Å². The predicted molar refractivity (Wildman–Crippen MR) is 70.0 cm³/mol. The number of hydrogen-bond acceptors (Lipinski definition) is 2. The first-order valence-electron chi connectivity index (χ1n) is 5.48. The van der Waals surface area contributed by atoms with Crippen molar-refractivity contribution in [2.75, 3.05) is 0 Å². The maximum Gasteiger partial charge on any atom is 0.186 e. The lowest BCUT2D eigenvalue weighted by atomic mass is 9.87. The number of carbonyl (C=O) groups is 1. The average Bonchev–Trinajstić information content (AvgIpc) is 2.25. The smallest absolute Gasteiger partial charge is 0.186 e. The molecule has 0 amide bonds. The van der Waals surface area contributed by atoms with Gasteiger partial charge in [0.2, 0.25) is 0 Å². The zero-order valence-corrected chi connectivity index (χ0v) is 10.3. The summed E-state index contributed by atoms with van der Waals surface area (Å²) in [6, 6.07) is 7.58. The molecule has 0 aliphatic heterocycles. The topological polar surface area (TPSA) is 17.1 Å². The highest BCUT2D eigenvalue weighted by atomic mass is 32.1. The monoisotopic (exact) mass is 230 g/mol. The second-order valence-electron chi connectivity index (χ2n) is 4.51. The van der Waals surface area contributed by atoms with Crippen molar-refractivity contribution in [2.24, 2.45) is 5.92 Å². The third kappa shape index (κ3) is 1.98. The molecule has 0 saturated carbocycles. The highest BCUT2D eigenvalue weighted by Crippen LogP contribution is 2.25. The molecule has 0 saturated heterocycles. The molecule has 2 heteroatoms. The Morgan fingerprint density at radius 3 is 2.44 bits per heavy atom. The highest BCUT2D eigenvalue weighted by Gasteiger charge is 2.21. The molecule has 1 nitrogen and oxygen atoms in total. The van der Waals surface area contributed by atoms with Crippen molar-refractivity contribution in [3.05, 3.63) is 47.0 Å². The van der Waals surface area contributed by atoms with Gasteiger partial charge in [0.15, 0.2) is 5.78 Å². The molecule has 0 unspecified atom stereocenters. The molecule has 16 heavy (non-hydrogen) atoms. The Balaban J connectivity index is 2.43. The lowest BCUT2D eigenvalue weighted by Gasteiger charge is -2.18. The number of carbonyl (C=O) groups excluding carboxylic acids is 1. The fraction of sp³-hybridized carbons (Fsp3) is 0.286. The molecule has 0 aromatic heterocycles. The van der Waals surface area contributed by atoms with E-state index in [1.165, 1.54) is 0 Å². The van der Waals surface area contributed by atoms with E-state index in [9.17, 15) is 4.79 Å². The summed E-state index contributed by atoms with van der Waals surface area (Å²) >= 11 is 5.43. The largest absolute Gasteiger partial charge is 0.289 e. The third-order valence-electron chi connectivity index (χ3n) is 2.66. The molecular formula is C14H14OS. The first kappa shape index (κ1) is 11.2. The average molecular weight is 230 g/mol. The van der Waals surface area contributed by atoms with Crippen LogP contribution in [0.15, 0.2) is 35.9 Å². The van der Waals surface area contributed by atoms with Gasteiger partial charge in [0.05, 0.1) is 0 Å². The molecule has 2 rings (SSSR count). The number of benzene rings is 1. The van der Waals surface area contributed by atoms with Crippen LogP contribution < -0.4 is 0 Å². The van der Waals surface area contributed by atoms with Gasteiger partial charge in [-0.2, -0.15) is 0 Å². The molecule has 0 radical (unpaired) electrons. The molecule has 0 bridgehead atoms. The van der Waals surface area contributed by atoms with Gasteiger partial charge in [-0.1, -0.05) is 50.3 Å². The van der Waals surface area contributed by atoms with Crippen LogP contribution >= 0.6 is 12.2 Å². The van der Waals surface area contributed by atoms with Crippen LogP contribution in [-0.4, -0.2) is 10.6 Å². The summed E-state index contributed by atoms with van der Waals surface area (Å²) in [5.74, 6) is 0.599. The minimum absolute atomic E-state index is 0.0832. The molecule has 1 aromatic rings. The van der Waals surface area contributed by atoms with Crippen LogP contribution in [-0.2, 0) is 0 Å². The van der Waals surface area contributed by atoms with Crippen molar-refractivity contribution in [1.29, 1.82) is 0 Å². The van der Waals surface area contributed by atoms with E-state index in [1.807, 2.05) is 24.3 Å². The van der Waals surface area contributed by atoms with Crippen molar-refractivity contribution in [1.82, 2.24) is 0 Å². The lowest BCUT2D eigenvalue weighted by molar-refractivity contribution is 0.104. The van der Waals surface area contributed by atoms with Gasteiger partial charge in [-0.3, -0.25) is 4.79 Å². The van der Waals surface area contributed by atoms with E-state index in [0.29, 0.717) is 5.92 Å². The molecule has 1 aromatic carbocycles. The second-order valence-corrected chi connectivity index (χ2v) is 4.91. The number of rotatable bonds is 2. The van der Waals surface area contributed by atoms with Gasteiger partial charge < -0.3 is 0 Å². The van der Waals surface area contributed by atoms with Crippen LogP contribution in [0, 0.1) is 5.92 Å². The van der Waals surface area contributed by atoms with Crippen LogP contribution in [0.2, 0.25) is 0 Å². The summed E-state index contributed by atoms with van der Waals surface area (Å²) < 4.78 is 0. The fourth-order valence-electron chi connectivity index (χ4n) is 1.96. The Labute approximate surface area is 101 Å². The van der Waals surface area contributed by atoms with Gasteiger partial charge in [-0.05, 0) is 24.0 Å². The minimum atomic E-state index is 0.0832. The maximum absolute atomic E-state index is 11.9. The zero-order valence-electron chi connectivity index (χ0n) is 9.49. The first-order valence-corrected chi connectivity index (χ1v) is 5.89. The van der Waals surface area contributed by atoms with E-state index in [-0.39, 0.29) is 5.78 Å². The standard InChI is InChI=1S/C14H14OS/c1-9(2)7-10-8-13(15)11-5-3-4-6-12(11)14(10)16/h3-6,8-9H,7H2,1-2H3. The summed E-state index contributed by atoms with van der Waals surface area (Å²) in [6.07, 6.45) is 2.57. The maximum atomic E-state index is 11.9. The number of thiocarbonyl (C=S) groups is 1. The van der Waals surface area contributed by atoms with E-state index in [4.69, 9.17) is 12.2 Å². The van der Waals surface area contributed by atoms with Crippen LogP contribution in [0.25, 0.3) is 0 Å². The Morgan fingerprint density at radius 1 is 1.19 bits per heavy atom. The normalized spacial score (nSPS) is 15.1. The van der Waals surface area contributed by atoms with Crippen molar-refractivity contribution in [2.45, 2.75) is 20.3 Å². The highest BCUT2D eigenvalue weighted by molar-refractivity contribution is 7.81. The van der Waals surface area contributed by atoms with Gasteiger partial charge in [0, 0.05) is 16.0 Å². The van der Waals surface area contributed by atoms with Crippen LogP contribution in [0.5, 0.6) is 0 Å². The van der Waals surface area contributed by atoms with Crippen LogP contribution in [0.1, 0.15) is 36.2 Å². The van der Waals surface area contributed by atoms with E-state index in [2.05, 4.69) is 13.8 Å². The zero-order chi connectivity index (χ0) is 11.7.